The number of unbranched alkanes of at least 4 members (excludes halogenated alkanes) is 36. The predicted molar refractivity (Wildman–Crippen MR) is 254 cm³/mol. The van der Waals surface area contributed by atoms with Crippen molar-refractivity contribution in [3.8, 4) is 0 Å². The molecule has 0 spiro atoms. The molecule has 0 aliphatic carbocycles. The lowest BCUT2D eigenvalue weighted by atomic mass is 9.99. The van der Waals surface area contributed by atoms with Crippen LogP contribution in [0.4, 0.5) is 0 Å². The van der Waals surface area contributed by atoms with Gasteiger partial charge in [0.1, 0.15) is 24.4 Å². The van der Waals surface area contributed by atoms with Gasteiger partial charge in [-0.3, -0.25) is 4.79 Å². The summed E-state index contributed by atoms with van der Waals surface area (Å²) in [5.41, 5.74) is 0. The average Bonchev–Trinajstić information content (AvgIpc) is 3.26. The predicted octanol–water partition coefficient (Wildman–Crippen LogP) is 12.3. The van der Waals surface area contributed by atoms with E-state index in [1.54, 1.807) is 0 Å². The minimum atomic E-state index is -1.55. The van der Waals surface area contributed by atoms with Crippen molar-refractivity contribution >= 4 is 5.91 Å². The van der Waals surface area contributed by atoms with Crippen molar-refractivity contribution < 1.29 is 39.8 Å². The lowest BCUT2D eigenvalue weighted by Gasteiger charge is -2.40. The van der Waals surface area contributed by atoms with Crippen molar-refractivity contribution in [2.24, 2.45) is 0 Å². The Kier molecular flexibility index (Phi) is 41.1. The monoisotopic (exact) mass is 870 g/mol. The van der Waals surface area contributed by atoms with Crippen molar-refractivity contribution in [2.45, 2.75) is 314 Å². The molecule has 0 radical (unpaired) electrons. The van der Waals surface area contributed by atoms with Crippen LogP contribution in [0, 0.1) is 0 Å². The van der Waals surface area contributed by atoms with Gasteiger partial charge in [-0.15, -0.1) is 0 Å². The van der Waals surface area contributed by atoms with Gasteiger partial charge in [0, 0.05) is 6.42 Å². The highest BCUT2D eigenvalue weighted by Crippen LogP contribution is 2.23. The molecule has 7 atom stereocenters. The van der Waals surface area contributed by atoms with E-state index in [0.717, 1.165) is 38.5 Å². The largest absolute Gasteiger partial charge is 0.394 e. The second-order valence-corrected chi connectivity index (χ2v) is 19.0. The summed E-state index contributed by atoms with van der Waals surface area (Å²) < 4.78 is 11.3. The highest BCUT2D eigenvalue weighted by molar-refractivity contribution is 5.76. The van der Waals surface area contributed by atoms with Gasteiger partial charge in [0.2, 0.25) is 5.91 Å². The molecular formula is C52H103NO8. The number of aliphatic hydroxyl groups is 5. The normalized spacial score (nSPS) is 20.3. The van der Waals surface area contributed by atoms with Crippen LogP contribution in [0.5, 0.6) is 0 Å². The standard InChI is InChI=1S/C52H103NO8/c1-3-5-7-9-11-13-15-17-18-19-20-21-22-23-24-25-26-27-28-30-32-34-36-38-40-42-48(56)53-45(44-60-52-51(59)50(58)49(57)47(43-54)61-52)46(55)41-39-37-35-33-31-29-16-14-12-10-8-6-4-2/h45-47,49-52,54-55,57-59H,3-44H2,1-2H3,(H,53,56). The molecule has 1 rings (SSSR count). The fourth-order valence-corrected chi connectivity index (χ4v) is 8.93. The van der Waals surface area contributed by atoms with Gasteiger partial charge in [-0.25, -0.2) is 0 Å². The topological polar surface area (TPSA) is 149 Å². The zero-order valence-corrected chi connectivity index (χ0v) is 40.2. The van der Waals surface area contributed by atoms with E-state index < -0.39 is 49.5 Å². The maximum absolute atomic E-state index is 13.0. The fourth-order valence-electron chi connectivity index (χ4n) is 8.93. The van der Waals surface area contributed by atoms with Crippen LogP contribution in [0.2, 0.25) is 0 Å². The Morgan fingerprint density at radius 3 is 1.16 bits per heavy atom. The third-order valence-corrected chi connectivity index (χ3v) is 13.2. The van der Waals surface area contributed by atoms with Crippen LogP contribution in [-0.2, 0) is 14.3 Å². The second-order valence-electron chi connectivity index (χ2n) is 19.0. The molecule has 9 nitrogen and oxygen atoms in total. The zero-order chi connectivity index (χ0) is 44.4. The molecule has 0 saturated carbocycles. The van der Waals surface area contributed by atoms with Crippen LogP contribution in [-0.4, -0.2) is 87.5 Å². The number of ether oxygens (including phenoxy) is 2. The minimum Gasteiger partial charge on any atom is -0.394 e. The highest BCUT2D eigenvalue weighted by atomic mass is 16.7. The first kappa shape index (κ1) is 58.2. The molecule has 1 saturated heterocycles. The Labute approximate surface area is 376 Å². The maximum atomic E-state index is 13.0. The molecule has 0 aromatic heterocycles. The summed E-state index contributed by atoms with van der Waals surface area (Å²) in [5.74, 6) is -0.138. The zero-order valence-electron chi connectivity index (χ0n) is 40.2. The average molecular weight is 870 g/mol. The Balaban J connectivity index is 2.17. The van der Waals surface area contributed by atoms with Crippen molar-refractivity contribution in [3.63, 3.8) is 0 Å². The summed E-state index contributed by atoms with van der Waals surface area (Å²) in [7, 11) is 0. The van der Waals surface area contributed by atoms with Gasteiger partial charge in [-0.05, 0) is 12.8 Å². The minimum absolute atomic E-state index is 0.131. The number of hydrogen-bond acceptors (Lipinski definition) is 8. The first-order valence-corrected chi connectivity index (χ1v) is 26.7. The van der Waals surface area contributed by atoms with Crippen LogP contribution in [0.1, 0.15) is 271 Å². The third kappa shape index (κ3) is 33.3. The number of nitrogens with one attached hydrogen (secondary N) is 1. The van der Waals surface area contributed by atoms with Crippen LogP contribution in [0.25, 0.3) is 0 Å². The van der Waals surface area contributed by atoms with E-state index in [2.05, 4.69) is 19.2 Å². The van der Waals surface area contributed by atoms with Crippen LogP contribution in [0.3, 0.4) is 0 Å². The third-order valence-electron chi connectivity index (χ3n) is 13.2. The Hall–Kier alpha value is -0.810. The van der Waals surface area contributed by atoms with Gasteiger partial charge in [-0.2, -0.15) is 0 Å². The number of carbonyl (C=O) groups is 1. The lowest BCUT2D eigenvalue weighted by Crippen LogP contribution is -2.60. The second kappa shape index (κ2) is 43.1. The highest BCUT2D eigenvalue weighted by Gasteiger charge is 2.44. The molecule has 364 valence electrons. The number of rotatable bonds is 46. The summed E-state index contributed by atoms with van der Waals surface area (Å²) in [4.78, 5) is 13.0. The number of hydrogen-bond donors (Lipinski definition) is 6. The van der Waals surface area contributed by atoms with Crippen LogP contribution >= 0.6 is 0 Å². The molecule has 1 aliphatic rings. The summed E-state index contributed by atoms with van der Waals surface area (Å²) in [5, 5.41) is 54.5. The Morgan fingerprint density at radius 1 is 0.492 bits per heavy atom. The van der Waals surface area contributed by atoms with E-state index in [9.17, 15) is 30.3 Å². The first-order chi connectivity index (χ1) is 29.8. The van der Waals surface area contributed by atoms with Crippen LogP contribution < -0.4 is 5.32 Å². The van der Waals surface area contributed by atoms with Crippen molar-refractivity contribution in [2.75, 3.05) is 13.2 Å². The fraction of sp³-hybridized carbons (Fsp3) is 0.981. The van der Waals surface area contributed by atoms with Gasteiger partial charge >= 0.3 is 0 Å². The van der Waals surface area contributed by atoms with Crippen molar-refractivity contribution in [3.05, 3.63) is 0 Å². The number of carbonyl (C=O) groups excluding carboxylic acids is 1. The summed E-state index contributed by atoms with van der Waals surface area (Å²) in [6.45, 7) is 3.86. The lowest BCUT2D eigenvalue weighted by molar-refractivity contribution is -0.302. The van der Waals surface area contributed by atoms with E-state index in [-0.39, 0.29) is 12.5 Å². The van der Waals surface area contributed by atoms with Gasteiger partial charge in [0.05, 0.1) is 25.4 Å². The molecule has 61 heavy (non-hydrogen) atoms. The molecule has 0 aromatic rings. The van der Waals surface area contributed by atoms with E-state index in [4.69, 9.17) is 9.47 Å². The number of aliphatic hydroxyl groups excluding tert-OH is 5. The van der Waals surface area contributed by atoms with Gasteiger partial charge in [0.15, 0.2) is 6.29 Å². The molecular weight excluding hydrogens is 767 g/mol. The molecule has 6 N–H and O–H groups in total. The SMILES string of the molecule is CCCCCCCCCCCCCCCCCCCCCCCCCCCC(=O)NC(COC1OC(CO)C(O)C(O)C1O)C(O)CCCCCCCCCCCCCCC. The molecule has 1 amide bonds. The van der Waals surface area contributed by atoms with Crippen molar-refractivity contribution in [1.82, 2.24) is 5.32 Å². The number of amides is 1. The molecule has 1 fully saturated rings. The van der Waals surface area contributed by atoms with E-state index in [0.29, 0.717) is 12.8 Å². The maximum Gasteiger partial charge on any atom is 0.220 e. The smallest absolute Gasteiger partial charge is 0.220 e. The molecule has 0 bridgehead atoms. The molecule has 7 unspecified atom stereocenters. The summed E-state index contributed by atoms with van der Waals surface area (Å²) in [6, 6.07) is -0.712. The Bertz CT molecular complexity index is 924. The van der Waals surface area contributed by atoms with E-state index >= 15 is 0 Å². The molecule has 1 heterocycles. The van der Waals surface area contributed by atoms with Gasteiger partial charge < -0.3 is 40.3 Å². The van der Waals surface area contributed by atoms with Gasteiger partial charge in [0.25, 0.3) is 0 Å². The van der Waals surface area contributed by atoms with Crippen LogP contribution in [0.15, 0.2) is 0 Å². The van der Waals surface area contributed by atoms with Crippen molar-refractivity contribution in [1.29, 1.82) is 0 Å². The Morgan fingerprint density at radius 2 is 0.820 bits per heavy atom. The van der Waals surface area contributed by atoms with E-state index in [1.807, 2.05) is 0 Å². The first-order valence-electron chi connectivity index (χ1n) is 26.7. The van der Waals surface area contributed by atoms with Gasteiger partial charge in [-0.1, -0.05) is 251 Å². The molecule has 1 aliphatic heterocycles. The van der Waals surface area contributed by atoms with E-state index in [1.165, 1.54) is 205 Å². The molecule has 0 aromatic carbocycles. The molecule has 9 heteroatoms. The quantitative estimate of drug-likeness (QED) is 0.0331. The summed E-state index contributed by atoms with van der Waals surface area (Å²) >= 11 is 0. The summed E-state index contributed by atoms with van der Waals surface area (Å²) in [6.07, 6.45) is 42.7.